The molecule has 0 spiro atoms. The highest BCUT2D eigenvalue weighted by Crippen LogP contribution is 2.09. The fourth-order valence-corrected chi connectivity index (χ4v) is 2.02. The van der Waals surface area contributed by atoms with Crippen molar-refractivity contribution in [2.24, 2.45) is 0 Å². The molecule has 1 N–H and O–H groups in total. The molecule has 1 aliphatic rings. The van der Waals surface area contributed by atoms with Gasteiger partial charge in [0, 0.05) is 6.42 Å². The van der Waals surface area contributed by atoms with E-state index in [2.05, 4.69) is 19.6 Å². The Labute approximate surface area is 88.5 Å². The fraction of sp³-hybridized carbons (Fsp3) is 0.800. The molecule has 5 nitrogen and oxygen atoms in total. The van der Waals surface area contributed by atoms with Crippen molar-refractivity contribution in [3.05, 3.63) is 16.4 Å². The van der Waals surface area contributed by atoms with Crippen LogP contribution in [0.1, 0.15) is 31.5 Å². The summed E-state index contributed by atoms with van der Waals surface area (Å²) < 4.78 is 4.43. The largest absolute Gasteiger partial charge is 0.438 e. The average Bonchev–Trinajstić information content (AvgIpc) is 2.66. The second kappa shape index (κ2) is 5.11. The summed E-state index contributed by atoms with van der Waals surface area (Å²) in [4.78, 5) is 15.7. The molecule has 1 saturated heterocycles. The minimum absolute atomic E-state index is 0.456. The summed E-state index contributed by atoms with van der Waals surface area (Å²) in [6.07, 6.45) is 5.83. The number of aryl methyl sites for hydroxylation is 1. The highest BCUT2D eigenvalue weighted by Gasteiger charge is 2.09. The lowest BCUT2D eigenvalue weighted by Crippen LogP contribution is -2.30. The van der Waals surface area contributed by atoms with Crippen LogP contribution in [0.5, 0.6) is 0 Å². The quantitative estimate of drug-likeness (QED) is 0.799. The van der Waals surface area contributed by atoms with Crippen molar-refractivity contribution in [2.75, 3.05) is 19.6 Å². The number of nitrogens with zero attached hydrogens (tertiary/aromatic N) is 2. The molecule has 0 atom stereocenters. The number of hydrogen-bond donors (Lipinski definition) is 1. The highest BCUT2D eigenvalue weighted by molar-refractivity contribution is 4.78. The van der Waals surface area contributed by atoms with Crippen molar-refractivity contribution in [3.8, 4) is 0 Å². The number of aromatic amines is 1. The molecule has 5 heteroatoms. The first kappa shape index (κ1) is 10.4. The third-order valence-electron chi connectivity index (χ3n) is 2.82. The molecule has 0 aliphatic carbocycles. The number of hydrogen-bond acceptors (Lipinski definition) is 4. The van der Waals surface area contributed by atoms with E-state index in [9.17, 15) is 4.79 Å². The smallest absolute Gasteiger partial charge is 0.303 e. The monoisotopic (exact) mass is 211 g/mol. The Morgan fingerprint density at radius 2 is 2.13 bits per heavy atom. The molecule has 2 rings (SSSR count). The number of H-pyrrole nitrogens is 1. The van der Waals surface area contributed by atoms with Crippen LogP contribution in [0.2, 0.25) is 0 Å². The van der Waals surface area contributed by atoms with Gasteiger partial charge in [-0.25, -0.2) is 4.79 Å². The van der Waals surface area contributed by atoms with Crippen LogP contribution in [0, 0.1) is 0 Å². The van der Waals surface area contributed by atoms with Crippen molar-refractivity contribution < 1.29 is 4.52 Å². The molecule has 0 unspecified atom stereocenters. The Morgan fingerprint density at radius 3 is 2.80 bits per heavy atom. The van der Waals surface area contributed by atoms with E-state index in [0.717, 1.165) is 19.4 Å². The maximum Gasteiger partial charge on any atom is 0.438 e. The van der Waals surface area contributed by atoms with Crippen molar-refractivity contribution in [1.29, 1.82) is 0 Å². The Hall–Kier alpha value is -1.10. The van der Waals surface area contributed by atoms with Gasteiger partial charge in [0.1, 0.15) is 0 Å². The van der Waals surface area contributed by atoms with Crippen LogP contribution < -0.4 is 5.76 Å². The number of likely N-dealkylation sites (tertiary alicyclic amines) is 1. The summed E-state index contributed by atoms with van der Waals surface area (Å²) in [5.41, 5.74) is 0. The Morgan fingerprint density at radius 1 is 1.33 bits per heavy atom. The van der Waals surface area contributed by atoms with E-state index in [1.54, 1.807) is 0 Å². The zero-order chi connectivity index (χ0) is 10.5. The lowest BCUT2D eigenvalue weighted by molar-refractivity contribution is 0.226. The first-order valence-corrected chi connectivity index (χ1v) is 5.62. The van der Waals surface area contributed by atoms with Crippen LogP contribution in [-0.4, -0.2) is 34.7 Å². The average molecular weight is 211 g/mol. The van der Waals surface area contributed by atoms with Gasteiger partial charge < -0.3 is 4.90 Å². The van der Waals surface area contributed by atoms with E-state index >= 15 is 0 Å². The molecule has 0 amide bonds. The maximum atomic E-state index is 10.7. The van der Waals surface area contributed by atoms with E-state index < -0.39 is 5.76 Å². The van der Waals surface area contributed by atoms with Crippen LogP contribution in [-0.2, 0) is 6.42 Å². The molecule has 1 fully saturated rings. The van der Waals surface area contributed by atoms with Gasteiger partial charge >= 0.3 is 5.76 Å². The van der Waals surface area contributed by atoms with Crippen LogP contribution >= 0.6 is 0 Å². The number of aromatic nitrogens is 2. The lowest BCUT2D eigenvalue weighted by atomic mass is 10.1. The number of rotatable bonds is 4. The second-order valence-electron chi connectivity index (χ2n) is 4.05. The molecular weight excluding hydrogens is 194 g/mol. The SMILES string of the molecule is O=c1[nH]c(CCCN2CCCCC2)no1. The molecule has 0 radical (unpaired) electrons. The van der Waals surface area contributed by atoms with Crippen LogP contribution in [0.25, 0.3) is 0 Å². The van der Waals surface area contributed by atoms with Gasteiger partial charge in [-0.1, -0.05) is 11.6 Å². The Balaban J connectivity index is 1.68. The van der Waals surface area contributed by atoms with E-state index in [-0.39, 0.29) is 0 Å². The van der Waals surface area contributed by atoms with Crippen LogP contribution in [0.15, 0.2) is 9.32 Å². The standard InChI is InChI=1S/C10H17N3O2/c14-10-11-9(12-15-10)5-4-8-13-6-2-1-3-7-13/h1-8H2,(H,11,12,14). The summed E-state index contributed by atoms with van der Waals surface area (Å²) in [6.45, 7) is 3.53. The summed E-state index contributed by atoms with van der Waals surface area (Å²) in [5.74, 6) is 0.208. The molecule has 15 heavy (non-hydrogen) atoms. The zero-order valence-corrected chi connectivity index (χ0v) is 8.87. The summed E-state index contributed by atoms with van der Waals surface area (Å²) in [7, 11) is 0. The van der Waals surface area contributed by atoms with E-state index in [4.69, 9.17) is 0 Å². The van der Waals surface area contributed by atoms with Gasteiger partial charge in [-0.2, -0.15) is 0 Å². The van der Waals surface area contributed by atoms with Crippen LogP contribution in [0.3, 0.4) is 0 Å². The topological polar surface area (TPSA) is 62.1 Å². The molecular formula is C10H17N3O2. The Kier molecular flexibility index (Phi) is 3.55. The van der Waals surface area contributed by atoms with Crippen LogP contribution in [0.4, 0.5) is 0 Å². The molecule has 1 aromatic rings. The third-order valence-corrected chi connectivity index (χ3v) is 2.82. The predicted molar refractivity (Wildman–Crippen MR) is 55.7 cm³/mol. The van der Waals surface area contributed by atoms with Gasteiger partial charge in [0.05, 0.1) is 0 Å². The van der Waals surface area contributed by atoms with E-state index in [1.165, 1.54) is 32.4 Å². The zero-order valence-electron chi connectivity index (χ0n) is 8.87. The molecule has 0 bridgehead atoms. The summed E-state index contributed by atoms with van der Waals surface area (Å²) >= 11 is 0. The third kappa shape index (κ3) is 3.20. The maximum absolute atomic E-state index is 10.7. The van der Waals surface area contributed by atoms with Gasteiger partial charge in [0.2, 0.25) is 0 Å². The fourth-order valence-electron chi connectivity index (χ4n) is 2.02. The van der Waals surface area contributed by atoms with Gasteiger partial charge in [-0.15, -0.1) is 0 Å². The summed E-state index contributed by atoms with van der Waals surface area (Å²) in [6, 6.07) is 0. The lowest BCUT2D eigenvalue weighted by Gasteiger charge is -2.25. The Bertz CT molecular complexity index is 338. The highest BCUT2D eigenvalue weighted by atomic mass is 16.5. The second-order valence-corrected chi connectivity index (χ2v) is 4.05. The van der Waals surface area contributed by atoms with Crippen molar-refractivity contribution in [3.63, 3.8) is 0 Å². The number of nitrogens with one attached hydrogen (secondary N) is 1. The van der Waals surface area contributed by atoms with Crippen molar-refractivity contribution >= 4 is 0 Å². The normalized spacial score (nSPS) is 18.1. The number of piperidine rings is 1. The van der Waals surface area contributed by atoms with Crippen molar-refractivity contribution in [2.45, 2.75) is 32.1 Å². The van der Waals surface area contributed by atoms with Gasteiger partial charge in [-0.3, -0.25) is 9.51 Å². The predicted octanol–water partition coefficient (Wildman–Crippen LogP) is 0.781. The van der Waals surface area contributed by atoms with Gasteiger partial charge in [0.25, 0.3) is 0 Å². The molecule has 1 aliphatic heterocycles. The van der Waals surface area contributed by atoms with Gasteiger partial charge in [-0.05, 0) is 38.9 Å². The molecule has 84 valence electrons. The molecule has 0 aromatic carbocycles. The van der Waals surface area contributed by atoms with E-state index in [1.807, 2.05) is 0 Å². The van der Waals surface area contributed by atoms with E-state index in [0.29, 0.717) is 5.82 Å². The summed E-state index contributed by atoms with van der Waals surface area (Å²) in [5, 5.41) is 3.64. The molecule has 0 saturated carbocycles. The minimum Gasteiger partial charge on any atom is -0.303 e. The first-order valence-electron chi connectivity index (χ1n) is 5.62. The molecule has 2 heterocycles. The first-order chi connectivity index (χ1) is 7.34. The van der Waals surface area contributed by atoms with Crippen molar-refractivity contribution in [1.82, 2.24) is 15.0 Å². The van der Waals surface area contributed by atoms with Gasteiger partial charge in [0.15, 0.2) is 5.82 Å². The minimum atomic E-state index is -0.456. The molecule has 1 aromatic heterocycles.